The van der Waals surface area contributed by atoms with Gasteiger partial charge in [-0.3, -0.25) is 0 Å². The van der Waals surface area contributed by atoms with Crippen molar-refractivity contribution >= 4 is 17.7 Å². The van der Waals surface area contributed by atoms with Gasteiger partial charge >= 0.3 is 5.97 Å². The Bertz CT molecular complexity index is 879. The van der Waals surface area contributed by atoms with E-state index in [0.717, 1.165) is 0 Å². The minimum Gasteiger partial charge on any atom is -0.455 e. The number of nitrogens with zero attached hydrogens (tertiary/aromatic N) is 1. The van der Waals surface area contributed by atoms with Gasteiger partial charge in [0.05, 0.1) is 5.56 Å². The molecule has 0 atom stereocenters. The largest absolute Gasteiger partial charge is 0.455 e. The van der Waals surface area contributed by atoms with Gasteiger partial charge in [0.25, 0.3) is 5.76 Å². The van der Waals surface area contributed by atoms with Crippen molar-refractivity contribution in [3.8, 4) is 11.5 Å². The Morgan fingerprint density at radius 3 is 2.46 bits per heavy atom. The van der Waals surface area contributed by atoms with Crippen molar-refractivity contribution in [1.29, 1.82) is 0 Å². The zero-order valence-electron chi connectivity index (χ0n) is 13.2. The van der Waals surface area contributed by atoms with Crippen LogP contribution in [-0.2, 0) is 11.3 Å². The van der Waals surface area contributed by atoms with Gasteiger partial charge in [-0.1, -0.05) is 11.8 Å². The predicted molar refractivity (Wildman–Crippen MR) is 89.3 cm³/mol. The van der Waals surface area contributed by atoms with Gasteiger partial charge in [-0.25, -0.2) is 14.2 Å². The molecule has 0 aliphatic heterocycles. The van der Waals surface area contributed by atoms with E-state index < -0.39 is 11.7 Å². The average Bonchev–Trinajstić information content (AvgIpc) is 3.09. The van der Waals surface area contributed by atoms with Gasteiger partial charge in [0.15, 0.2) is 0 Å². The molecule has 0 fully saturated rings. The Morgan fingerprint density at radius 2 is 1.81 bits per heavy atom. The number of oxazole rings is 1. The molecule has 4 nitrogen and oxygen atoms in total. The lowest BCUT2D eigenvalue weighted by atomic mass is 10.2. The highest BCUT2D eigenvalue weighted by Crippen LogP contribution is 2.25. The first-order valence-electron chi connectivity index (χ1n) is 7.43. The Labute approximate surface area is 151 Å². The van der Waals surface area contributed by atoms with Gasteiger partial charge < -0.3 is 9.15 Å². The van der Waals surface area contributed by atoms with Crippen molar-refractivity contribution in [1.82, 2.24) is 4.98 Å². The van der Waals surface area contributed by atoms with E-state index >= 15 is 0 Å². The maximum absolute atomic E-state index is 12.9. The number of benzene rings is 2. The third-order valence-corrected chi connectivity index (χ3v) is 4.03. The fraction of sp³-hybridized carbons (Fsp3) is 0.111. The van der Waals surface area contributed by atoms with Crippen LogP contribution in [0.2, 0.25) is 0 Å². The zero-order valence-corrected chi connectivity index (χ0v) is 14.0. The molecule has 0 aliphatic carbocycles. The van der Waals surface area contributed by atoms with E-state index in [-0.39, 0.29) is 23.9 Å². The summed E-state index contributed by atoms with van der Waals surface area (Å²) >= 11 is 0.399. The monoisotopic (exact) mass is 379 g/mol. The van der Waals surface area contributed by atoms with Crippen LogP contribution in [0, 0.1) is 5.82 Å². The van der Waals surface area contributed by atoms with Crippen LogP contribution in [0.3, 0.4) is 0 Å². The molecule has 0 unspecified atom stereocenters. The van der Waals surface area contributed by atoms with Gasteiger partial charge in [-0.2, -0.15) is 8.78 Å². The standard InChI is InChI=1S/C18H12F3NO3S/c19-13-5-1-11(2-6-13)16-22-14(9-24-16)10-25-17(23)12-3-7-15(8-4-12)26-18(20)21/h1-9,18H,10H2. The fourth-order valence-electron chi connectivity index (χ4n) is 2.09. The number of rotatable bonds is 6. The summed E-state index contributed by atoms with van der Waals surface area (Å²) in [6.45, 7) is -0.114. The molecule has 0 saturated carbocycles. The van der Waals surface area contributed by atoms with Crippen LogP contribution >= 0.6 is 11.8 Å². The van der Waals surface area contributed by atoms with Crippen LogP contribution in [0.25, 0.3) is 11.5 Å². The maximum Gasteiger partial charge on any atom is 0.338 e. The molecule has 0 saturated heterocycles. The van der Waals surface area contributed by atoms with Crippen LogP contribution in [0.1, 0.15) is 16.1 Å². The molecule has 3 rings (SSSR count). The number of ether oxygens (including phenoxy) is 1. The third-order valence-electron chi connectivity index (χ3n) is 3.31. The van der Waals surface area contributed by atoms with Crippen molar-refractivity contribution in [3.05, 3.63) is 71.9 Å². The van der Waals surface area contributed by atoms with E-state index in [2.05, 4.69) is 4.98 Å². The highest BCUT2D eigenvalue weighted by molar-refractivity contribution is 7.99. The highest BCUT2D eigenvalue weighted by Gasteiger charge is 2.12. The number of esters is 1. The van der Waals surface area contributed by atoms with Gasteiger partial charge in [-0.15, -0.1) is 0 Å². The van der Waals surface area contributed by atoms with Crippen LogP contribution in [0.15, 0.2) is 64.1 Å². The number of alkyl halides is 2. The summed E-state index contributed by atoms with van der Waals surface area (Å²) in [5, 5.41) is 0. The molecule has 0 N–H and O–H groups in total. The third kappa shape index (κ3) is 4.66. The van der Waals surface area contributed by atoms with Crippen LogP contribution < -0.4 is 0 Å². The Morgan fingerprint density at radius 1 is 1.12 bits per heavy atom. The minimum absolute atomic E-state index is 0.114. The molecule has 1 aromatic heterocycles. The van der Waals surface area contributed by atoms with E-state index in [1.165, 1.54) is 54.8 Å². The molecule has 0 amide bonds. The minimum atomic E-state index is -2.52. The number of hydrogen-bond acceptors (Lipinski definition) is 5. The van der Waals surface area contributed by atoms with E-state index in [1.807, 2.05) is 0 Å². The molecule has 3 aromatic rings. The van der Waals surface area contributed by atoms with Crippen molar-refractivity contribution in [2.24, 2.45) is 0 Å². The summed E-state index contributed by atoms with van der Waals surface area (Å²) in [6, 6.07) is 11.3. The predicted octanol–water partition coefficient (Wildman–Crippen LogP) is 5.15. The van der Waals surface area contributed by atoms with E-state index in [9.17, 15) is 18.0 Å². The average molecular weight is 379 g/mol. The van der Waals surface area contributed by atoms with Gasteiger partial charge in [0.1, 0.15) is 24.4 Å². The van der Waals surface area contributed by atoms with Crippen LogP contribution in [-0.4, -0.2) is 16.7 Å². The number of halogens is 3. The number of thioether (sulfide) groups is 1. The van der Waals surface area contributed by atoms with Crippen molar-refractivity contribution in [2.45, 2.75) is 17.3 Å². The Kier molecular flexibility index (Phi) is 5.62. The first-order chi connectivity index (χ1) is 12.5. The quantitative estimate of drug-likeness (QED) is 0.438. The van der Waals surface area contributed by atoms with Crippen LogP contribution in [0.4, 0.5) is 13.2 Å². The first kappa shape index (κ1) is 18.1. The first-order valence-corrected chi connectivity index (χ1v) is 8.31. The van der Waals surface area contributed by atoms with E-state index in [4.69, 9.17) is 9.15 Å². The summed E-state index contributed by atoms with van der Waals surface area (Å²) < 4.78 is 47.9. The van der Waals surface area contributed by atoms with E-state index in [1.54, 1.807) is 0 Å². The Balaban J connectivity index is 1.58. The number of carbonyl (C=O) groups is 1. The lowest BCUT2D eigenvalue weighted by Crippen LogP contribution is -2.05. The molecule has 0 bridgehead atoms. The number of hydrogen-bond donors (Lipinski definition) is 0. The second-order valence-electron chi connectivity index (χ2n) is 5.13. The molecule has 2 aromatic carbocycles. The molecule has 0 radical (unpaired) electrons. The van der Waals surface area contributed by atoms with Crippen LogP contribution in [0.5, 0.6) is 0 Å². The number of aromatic nitrogens is 1. The Hall–Kier alpha value is -2.74. The smallest absolute Gasteiger partial charge is 0.338 e. The van der Waals surface area contributed by atoms with Gasteiger partial charge in [-0.05, 0) is 48.5 Å². The molecule has 0 aliphatic rings. The molecule has 0 spiro atoms. The van der Waals surface area contributed by atoms with E-state index in [0.29, 0.717) is 27.9 Å². The summed E-state index contributed by atoms with van der Waals surface area (Å²) in [6.07, 6.45) is 1.34. The molecule has 8 heteroatoms. The fourth-order valence-corrected chi connectivity index (χ4v) is 2.59. The molecular weight excluding hydrogens is 367 g/mol. The van der Waals surface area contributed by atoms with Gasteiger partial charge in [0, 0.05) is 10.5 Å². The summed E-state index contributed by atoms with van der Waals surface area (Å²) in [4.78, 5) is 16.5. The summed E-state index contributed by atoms with van der Waals surface area (Å²) in [5.74, 6) is -3.21. The second-order valence-corrected chi connectivity index (χ2v) is 6.19. The summed E-state index contributed by atoms with van der Waals surface area (Å²) in [5.41, 5.74) is 1.23. The second kappa shape index (κ2) is 8.09. The van der Waals surface area contributed by atoms with Crippen molar-refractivity contribution in [3.63, 3.8) is 0 Å². The molecular formula is C18H12F3NO3S. The van der Waals surface area contributed by atoms with Crippen molar-refractivity contribution < 1.29 is 27.1 Å². The molecule has 1 heterocycles. The topological polar surface area (TPSA) is 52.3 Å². The lowest BCUT2D eigenvalue weighted by molar-refractivity contribution is 0.0467. The molecule has 26 heavy (non-hydrogen) atoms. The normalized spacial score (nSPS) is 10.9. The maximum atomic E-state index is 12.9. The highest BCUT2D eigenvalue weighted by atomic mass is 32.2. The SMILES string of the molecule is O=C(OCc1coc(-c2ccc(F)cc2)n1)c1ccc(SC(F)F)cc1. The number of carbonyl (C=O) groups excluding carboxylic acids is 1. The lowest BCUT2D eigenvalue weighted by Gasteiger charge is -2.04. The van der Waals surface area contributed by atoms with Gasteiger partial charge in [0.2, 0.25) is 5.89 Å². The zero-order chi connectivity index (χ0) is 18.5. The molecule has 134 valence electrons. The van der Waals surface area contributed by atoms with Crippen molar-refractivity contribution in [2.75, 3.05) is 0 Å². The summed E-state index contributed by atoms with van der Waals surface area (Å²) in [7, 11) is 0.